The maximum absolute atomic E-state index is 11.6. The van der Waals surface area contributed by atoms with Gasteiger partial charge in [-0.2, -0.15) is 0 Å². The molecule has 0 saturated carbocycles. The highest BCUT2D eigenvalue weighted by Crippen LogP contribution is 2.33. The van der Waals surface area contributed by atoms with Gasteiger partial charge in [-0.25, -0.2) is 14.6 Å². The number of hydrogen-bond acceptors (Lipinski definition) is 6. The van der Waals surface area contributed by atoms with Gasteiger partial charge in [0, 0.05) is 13.1 Å². The number of benzene rings is 1. The van der Waals surface area contributed by atoms with E-state index in [0.29, 0.717) is 29.9 Å². The number of carboxylic acids is 1. The molecule has 0 radical (unpaired) electrons. The summed E-state index contributed by atoms with van der Waals surface area (Å²) in [4.78, 5) is 29.4. The van der Waals surface area contributed by atoms with E-state index in [9.17, 15) is 14.7 Å². The van der Waals surface area contributed by atoms with Crippen LogP contribution in [0, 0.1) is 0 Å². The van der Waals surface area contributed by atoms with Gasteiger partial charge in [0.2, 0.25) is 0 Å². The lowest BCUT2D eigenvalue weighted by atomic mass is 10.1. The summed E-state index contributed by atoms with van der Waals surface area (Å²) in [6, 6.07) is 5.12. The van der Waals surface area contributed by atoms with Crippen molar-refractivity contribution in [2.75, 3.05) is 24.6 Å². The van der Waals surface area contributed by atoms with Crippen LogP contribution in [0.4, 0.5) is 9.93 Å². The van der Waals surface area contributed by atoms with Gasteiger partial charge in [0.05, 0.1) is 28.4 Å². The molecule has 24 heavy (non-hydrogen) atoms. The SMILES string of the molecule is CCCCOC(=O)NC1CN(c2nc3cccc(C(=O)O)c3s2)C1. The van der Waals surface area contributed by atoms with Crippen molar-refractivity contribution in [1.29, 1.82) is 0 Å². The minimum atomic E-state index is -0.950. The molecule has 2 aromatic rings. The van der Waals surface area contributed by atoms with E-state index < -0.39 is 5.97 Å². The third kappa shape index (κ3) is 3.43. The van der Waals surface area contributed by atoms with Crippen molar-refractivity contribution in [3.8, 4) is 0 Å². The fourth-order valence-electron chi connectivity index (χ4n) is 2.48. The van der Waals surface area contributed by atoms with Crippen LogP contribution >= 0.6 is 11.3 Å². The Morgan fingerprint density at radius 2 is 2.25 bits per heavy atom. The molecule has 0 aliphatic carbocycles. The van der Waals surface area contributed by atoms with Crippen molar-refractivity contribution >= 4 is 38.7 Å². The van der Waals surface area contributed by atoms with Gasteiger partial charge in [-0.05, 0) is 18.6 Å². The number of alkyl carbamates (subject to hydrolysis) is 1. The second-order valence-corrected chi connectivity index (χ2v) is 6.67. The van der Waals surface area contributed by atoms with Crippen molar-refractivity contribution in [2.24, 2.45) is 0 Å². The number of anilines is 1. The zero-order chi connectivity index (χ0) is 17.1. The summed E-state index contributed by atoms with van der Waals surface area (Å²) in [6.07, 6.45) is 1.47. The van der Waals surface area contributed by atoms with Crippen LogP contribution in [0.5, 0.6) is 0 Å². The van der Waals surface area contributed by atoms with E-state index >= 15 is 0 Å². The Balaban J connectivity index is 1.58. The standard InChI is InChI=1S/C16H19N3O4S/c1-2-3-7-23-16(22)17-10-8-19(9-10)15-18-12-6-4-5-11(14(20)21)13(12)24-15/h4-6,10H,2-3,7-9H2,1H3,(H,17,22)(H,20,21). The van der Waals surface area contributed by atoms with Gasteiger partial charge < -0.3 is 20.1 Å². The summed E-state index contributed by atoms with van der Waals surface area (Å²) in [7, 11) is 0. The smallest absolute Gasteiger partial charge is 0.407 e. The Labute approximate surface area is 143 Å². The second kappa shape index (κ2) is 7.04. The van der Waals surface area contributed by atoms with E-state index in [0.717, 1.165) is 18.0 Å². The summed E-state index contributed by atoms with van der Waals surface area (Å²) in [5.41, 5.74) is 0.955. The predicted octanol–water partition coefficient (Wildman–Crippen LogP) is 2.71. The molecule has 1 aliphatic heterocycles. The monoisotopic (exact) mass is 349 g/mol. The lowest BCUT2D eigenvalue weighted by Gasteiger charge is -2.38. The molecular weight excluding hydrogens is 330 g/mol. The van der Waals surface area contributed by atoms with Crippen LogP contribution < -0.4 is 10.2 Å². The number of carbonyl (C=O) groups excluding carboxylic acids is 1. The van der Waals surface area contributed by atoms with E-state index in [1.165, 1.54) is 11.3 Å². The molecule has 8 heteroatoms. The first-order valence-corrected chi connectivity index (χ1v) is 8.71. The summed E-state index contributed by atoms with van der Waals surface area (Å²) in [6.45, 7) is 3.77. The van der Waals surface area contributed by atoms with Crippen molar-refractivity contribution in [2.45, 2.75) is 25.8 Å². The molecule has 2 N–H and O–H groups in total. The molecule has 1 fully saturated rings. The number of unbranched alkanes of at least 4 members (excludes halogenated alkanes) is 1. The molecule has 1 amide bonds. The first-order chi connectivity index (χ1) is 11.6. The summed E-state index contributed by atoms with van der Waals surface area (Å²) in [5, 5.41) is 12.8. The van der Waals surface area contributed by atoms with Gasteiger partial charge in [0.1, 0.15) is 0 Å². The number of aromatic nitrogens is 1. The van der Waals surface area contributed by atoms with Crippen LogP contribution in [0.1, 0.15) is 30.1 Å². The summed E-state index contributed by atoms with van der Waals surface area (Å²) in [5.74, 6) is -0.950. The summed E-state index contributed by atoms with van der Waals surface area (Å²) < 4.78 is 5.75. The van der Waals surface area contributed by atoms with Gasteiger partial charge >= 0.3 is 12.1 Å². The number of carboxylic acid groups (broad SMARTS) is 1. The number of nitrogens with zero attached hydrogens (tertiary/aromatic N) is 2. The molecule has 3 rings (SSSR count). The Kier molecular flexibility index (Phi) is 4.84. The zero-order valence-corrected chi connectivity index (χ0v) is 14.1. The topological polar surface area (TPSA) is 91.8 Å². The molecule has 1 aliphatic rings. The number of carbonyl (C=O) groups is 2. The zero-order valence-electron chi connectivity index (χ0n) is 13.3. The number of fused-ring (bicyclic) bond motifs is 1. The third-order valence-electron chi connectivity index (χ3n) is 3.84. The highest BCUT2D eigenvalue weighted by atomic mass is 32.1. The van der Waals surface area contributed by atoms with Gasteiger partial charge in [-0.1, -0.05) is 30.7 Å². The van der Waals surface area contributed by atoms with Crippen LogP contribution in [0.15, 0.2) is 18.2 Å². The Hall–Kier alpha value is -2.35. The molecule has 2 heterocycles. The van der Waals surface area contributed by atoms with Crippen LogP contribution in [0.25, 0.3) is 10.2 Å². The van der Waals surface area contributed by atoms with E-state index in [4.69, 9.17) is 4.74 Å². The van der Waals surface area contributed by atoms with Crippen molar-refractivity contribution < 1.29 is 19.4 Å². The molecule has 128 valence electrons. The minimum absolute atomic E-state index is 0.0325. The number of hydrogen-bond donors (Lipinski definition) is 2. The normalized spacial score (nSPS) is 14.5. The van der Waals surface area contributed by atoms with E-state index in [1.807, 2.05) is 17.9 Å². The number of aromatic carboxylic acids is 1. The Bertz CT molecular complexity index is 755. The van der Waals surface area contributed by atoms with E-state index in [2.05, 4.69) is 10.3 Å². The van der Waals surface area contributed by atoms with Gasteiger partial charge in [0.15, 0.2) is 5.13 Å². The first kappa shape index (κ1) is 16.5. The largest absolute Gasteiger partial charge is 0.478 e. The molecule has 0 spiro atoms. The minimum Gasteiger partial charge on any atom is -0.478 e. The molecule has 7 nitrogen and oxygen atoms in total. The quantitative estimate of drug-likeness (QED) is 0.779. The number of amides is 1. The number of ether oxygens (including phenoxy) is 1. The average Bonchev–Trinajstić information content (AvgIpc) is 2.93. The molecule has 0 atom stereocenters. The third-order valence-corrected chi connectivity index (χ3v) is 5.00. The molecule has 0 bridgehead atoms. The molecule has 1 saturated heterocycles. The maximum Gasteiger partial charge on any atom is 0.407 e. The lowest BCUT2D eigenvalue weighted by molar-refractivity contribution is 0.0699. The molecule has 1 aromatic heterocycles. The Morgan fingerprint density at radius 3 is 2.96 bits per heavy atom. The lowest BCUT2D eigenvalue weighted by Crippen LogP contribution is -2.59. The number of thiazole rings is 1. The van der Waals surface area contributed by atoms with Gasteiger partial charge in [-0.15, -0.1) is 0 Å². The molecule has 0 unspecified atom stereocenters. The van der Waals surface area contributed by atoms with Crippen molar-refractivity contribution in [3.05, 3.63) is 23.8 Å². The highest BCUT2D eigenvalue weighted by Gasteiger charge is 2.31. The van der Waals surface area contributed by atoms with E-state index in [1.54, 1.807) is 12.1 Å². The second-order valence-electron chi connectivity index (χ2n) is 5.69. The number of rotatable bonds is 6. The molecule has 1 aromatic carbocycles. The first-order valence-electron chi connectivity index (χ1n) is 7.89. The van der Waals surface area contributed by atoms with E-state index in [-0.39, 0.29) is 17.7 Å². The van der Waals surface area contributed by atoms with Crippen LogP contribution in [-0.2, 0) is 4.74 Å². The number of nitrogens with one attached hydrogen (secondary N) is 1. The fraction of sp³-hybridized carbons (Fsp3) is 0.438. The molecular formula is C16H19N3O4S. The van der Waals surface area contributed by atoms with Gasteiger partial charge in [-0.3, -0.25) is 0 Å². The summed E-state index contributed by atoms with van der Waals surface area (Å²) >= 11 is 1.36. The maximum atomic E-state index is 11.6. The van der Waals surface area contributed by atoms with Gasteiger partial charge in [0.25, 0.3) is 0 Å². The fourth-order valence-corrected chi connectivity index (χ4v) is 3.57. The van der Waals surface area contributed by atoms with Crippen LogP contribution in [0.2, 0.25) is 0 Å². The predicted molar refractivity (Wildman–Crippen MR) is 92.0 cm³/mol. The average molecular weight is 349 g/mol. The van der Waals surface area contributed by atoms with Crippen LogP contribution in [-0.4, -0.2) is 47.9 Å². The van der Waals surface area contributed by atoms with Crippen LogP contribution in [0.3, 0.4) is 0 Å². The van der Waals surface area contributed by atoms with Crippen molar-refractivity contribution in [1.82, 2.24) is 10.3 Å². The Morgan fingerprint density at radius 1 is 1.46 bits per heavy atom. The van der Waals surface area contributed by atoms with Crippen molar-refractivity contribution in [3.63, 3.8) is 0 Å². The highest BCUT2D eigenvalue weighted by molar-refractivity contribution is 7.22.